The van der Waals surface area contributed by atoms with Gasteiger partial charge >= 0.3 is 0 Å². The van der Waals surface area contributed by atoms with Crippen molar-refractivity contribution in [2.24, 2.45) is 0 Å². The van der Waals surface area contributed by atoms with E-state index in [1.165, 1.54) is 6.42 Å². The summed E-state index contributed by atoms with van der Waals surface area (Å²) in [4.78, 5) is 14.3. The molecule has 2 heterocycles. The van der Waals surface area contributed by atoms with E-state index in [4.69, 9.17) is 9.97 Å². The smallest absolute Gasteiger partial charge is 0.243 e. The molecule has 0 bridgehead atoms. The van der Waals surface area contributed by atoms with Gasteiger partial charge in [0.15, 0.2) is 17.0 Å². The lowest BCUT2D eigenvalue weighted by Gasteiger charge is -2.30. The molecule has 2 fully saturated rings. The minimum absolute atomic E-state index is 0.0675. The fourth-order valence-electron chi connectivity index (χ4n) is 5.38. The van der Waals surface area contributed by atoms with Crippen LogP contribution in [0.4, 0.5) is 17.5 Å². The fraction of sp³-hybridized carbons (Fsp3) is 0.577. The Balaban J connectivity index is 1.37. The summed E-state index contributed by atoms with van der Waals surface area (Å²) < 4.78 is 29.9. The van der Waals surface area contributed by atoms with Crippen LogP contribution in [0.5, 0.6) is 0 Å². The number of imidazole rings is 1. The maximum atomic E-state index is 13.2. The van der Waals surface area contributed by atoms with E-state index < -0.39 is 10.0 Å². The topological polar surface area (TPSA) is 125 Å². The lowest BCUT2D eigenvalue weighted by Crippen LogP contribution is -2.38. The van der Waals surface area contributed by atoms with E-state index in [1.807, 2.05) is 11.5 Å². The molecular formula is C26H37N7O3S. The molecular weight excluding hydrogens is 490 g/mol. The van der Waals surface area contributed by atoms with Crippen LogP contribution in [0.1, 0.15) is 64.7 Å². The predicted molar refractivity (Wildman–Crippen MR) is 144 cm³/mol. The average Bonchev–Trinajstić information content (AvgIpc) is 3.34. The third-order valence-corrected chi connectivity index (χ3v) is 9.64. The van der Waals surface area contributed by atoms with Gasteiger partial charge in [-0.15, -0.1) is 0 Å². The molecule has 2 saturated carbocycles. The van der Waals surface area contributed by atoms with Crippen molar-refractivity contribution in [3.05, 3.63) is 30.6 Å². The van der Waals surface area contributed by atoms with E-state index in [9.17, 15) is 13.5 Å². The Hall–Kier alpha value is -2.76. The van der Waals surface area contributed by atoms with Gasteiger partial charge in [0.2, 0.25) is 16.0 Å². The van der Waals surface area contributed by atoms with Crippen LogP contribution in [-0.4, -0.2) is 62.6 Å². The SMILES string of the molecule is CCn1cnc2c(Nc3ccc(S(=O)(=O)N(C)C4CCCCC4)cc3)nc(N[C@H]3CC[C@H](O)CC3)nc21. The molecule has 200 valence electrons. The average molecular weight is 528 g/mol. The highest BCUT2D eigenvalue weighted by atomic mass is 32.2. The molecule has 11 heteroatoms. The molecule has 0 atom stereocenters. The Bertz CT molecular complexity index is 1310. The highest BCUT2D eigenvalue weighted by molar-refractivity contribution is 7.89. The maximum Gasteiger partial charge on any atom is 0.243 e. The summed E-state index contributed by atoms with van der Waals surface area (Å²) in [6.07, 6.45) is 9.96. The number of aliphatic hydroxyl groups is 1. The van der Waals surface area contributed by atoms with E-state index >= 15 is 0 Å². The molecule has 0 aliphatic heterocycles. The molecule has 3 N–H and O–H groups in total. The zero-order valence-corrected chi connectivity index (χ0v) is 22.4. The molecule has 37 heavy (non-hydrogen) atoms. The molecule has 2 aliphatic carbocycles. The number of aliphatic hydroxyl groups excluding tert-OH is 1. The van der Waals surface area contributed by atoms with Crippen LogP contribution in [0.15, 0.2) is 35.5 Å². The quantitative estimate of drug-likeness (QED) is 0.397. The molecule has 3 aromatic rings. The molecule has 0 unspecified atom stereocenters. The van der Waals surface area contributed by atoms with Crippen LogP contribution in [0.3, 0.4) is 0 Å². The van der Waals surface area contributed by atoms with Crippen molar-refractivity contribution in [2.45, 2.75) is 94.3 Å². The number of sulfonamides is 1. The molecule has 0 amide bonds. The second-order valence-electron chi connectivity index (χ2n) is 10.2. The van der Waals surface area contributed by atoms with Gasteiger partial charge in [-0.3, -0.25) is 0 Å². The maximum absolute atomic E-state index is 13.2. The zero-order valence-electron chi connectivity index (χ0n) is 21.6. The van der Waals surface area contributed by atoms with Gasteiger partial charge in [0.05, 0.1) is 17.3 Å². The number of aromatic nitrogens is 4. The lowest BCUT2D eigenvalue weighted by molar-refractivity contribution is 0.126. The van der Waals surface area contributed by atoms with Crippen molar-refractivity contribution in [1.29, 1.82) is 0 Å². The Morgan fingerprint density at radius 2 is 1.73 bits per heavy atom. The first-order valence-corrected chi connectivity index (χ1v) is 14.8. The van der Waals surface area contributed by atoms with Crippen molar-refractivity contribution < 1.29 is 13.5 Å². The van der Waals surface area contributed by atoms with Gasteiger partial charge in [0.1, 0.15) is 0 Å². The molecule has 2 aromatic heterocycles. The summed E-state index contributed by atoms with van der Waals surface area (Å²) in [5.41, 5.74) is 2.10. The monoisotopic (exact) mass is 527 g/mol. The number of anilines is 3. The number of fused-ring (bicyclic) bond motifs is 1. The van der Waals surface area contributed by atoms with Gasteiger partial charge in [-0.25, -0.2) is 13.4 Å². The molecule has 10 nitrogen and oxygen atoms in total. The predicted octanol–water partition coefficient (Wildman–Crippen LogP) is 4.26. The Kier molecular flexibility index (Phi) is 7.64. The number of aryl methyl sites for hydroxylation is 1. The number of rotatable bonds is 8. The van der Waals surface area contributed by atoms with Gasteiger partial charge in [0, 0.05) is 31.4 Å². The minimum Gasteiger partial charge on any atom is -0.393 e. The molecule has 0 spiro atoms. The first-order valence-electron chi connectivity index (χ1n) is 13.4. The third kappa shape index (κ3) is 5.58. The van der Waals surface area contributed by atoms with Gasteiger partial charge in [-0.1, -0.05) is 19.3 Å². The summed E-state index contributed by atoms with van der Waals surface area (Å²) in [5, 5.41) is 16.6. The summed E-state index contributed by atoms with van der Waals surface area (Å²) in [5.74, 6) is 1.07. The molecule has 0 saturated heterocycles. The van der Waals surface area contributed by atoms with Crippen molar-refractivity contribution in [3.8, 4) is 0 Å². The van der Waals surface area contributed by atoms with E-state index in [1.54, 1.807) is 41.9 Å². The third-order valence-electron chi connectivity index (χ3n) is 7.72. The van der Waals surface area contributed by atoms with E-state index in [-0.39, 0.29) is 23.1 Å². The largest absolute Gasteiger partial charge is 0.393 e. The van der Waals surface area contributed by atoms with E-state index in [2.05, 4.69) is 15.6 Å². The van der Waals surface area contributed by atoms with Crippen LogP contribution in [0.2, 0.25) is 0 Å². The van der Waals surface area contributed by atoms with Crippen LogP contribution < -0.4 is 10.6 Å². The van der Waals surface area contributed by atoms with E-state index in [0.29, 0.717) is 17.3 Å². The molecule has 5 rings (SSSR count). The van der Waals surface area contributed by atoms with Crippen LogP contribution in [0, 0.1) is 0 Å². The Labute approximate surface area is 218 Å². The summed E-state index contributed by atoms with van der Waals surface area (Å²) in [7, 11) is -1.86. The second-order valence-corrected chi connectivity index (χ2v) is 12.2. The van der Waals surface area contributed by atoms with E-state index in [0.717, 1.165) is 69.2 Å². The molecule has 1 aromatic carbocycles. The summed E-state index contributed by atoms with van der Waals surface area (Å²) in [6.45, 7) is 2.76. The Morgan fingerprint density at radius 1 is 1.03 bits per heavy atom. The lowest BCUT2D eigenvalue weighted by atomic mass is 9.93. The summed E-state index contributed by atoms with van der Waals surface area (Å²) >= 11 is 0. The first-order chi connectivity index (χ1) is 17.8. The number of nitrogens with zero attached hydrogens (tertiary/aromatic N) is 5. The van der Waals surface area contributed by atoms with Gasteiger partial charge in [0.25, 0.3) is 0 Å². The zero-order chi connectivity index (χ0) is 26.0. The van der Waals surface area contributed by atoms with Crippen LogP contribution in [-0.2, 0) is 16.6 Å². The number of benzene rings is 1. The number of nitrogens with one attached hydrogen (secondary N) is 2. The van der Waals surface area contributed by atoms with Gasteiger partial charge in [-0.2, -0.15) is 14.3 Å². The summed E-state index contributed by atoms with van der Waals surface area (Å²) in [6, 6.07) is 7.10. The highest BCUT2D eigenvalue weighted by Crippen LogP contribution is 2.29. The number of hydrogen-bond acceptors (Lipinski definition) is 8. The van der Waals surface area contributed by atoms with Crippen LogP contribution in [0.25, 0.3) is 11.2 Å². The molecule has 0 radical (unpaired) electrons. The minimum atomic E-state index is -3.55. The van der Waals surface area contributed by atoms with Crippen molar-refractivity contribution >= 4 is 38.6 Å². The normalized spacial score (nSPS) is 21.4. The standard InChI is InChI=1S/C26H37N7O3S/c1-3-33-17-27-23-24(30-26(31-25(23)33)29-19-9-13-21(34)14-10-19)28-18-11-15-22(16-12-18)37(35,36)32(2)20-7-5-4-6-8-20/h11-12,15-17,19-21,34H,3-10,13-14H2,1-2H3,(H2,28,29,30,31)/t19-,21-. The fourth-order valence-corrected chi connectivity index (χ4v) is 6.80. The van der Waals surface area contributed by atoms with Gasteiger partial charge < -0.3 is 20.3 Å². The first kappa shape index (κ1) is 25.9. The Morgan fingerprint density at radius 3 is 2.41 bits per heavy atom. The highest BCUT2D eigenvalue weighted by Gasteiger charge is 2.29. The van der Waals surface area contributed by atoms with Crippen LogP contribution >= 0.6 is 0 Å². The van der Waals surface area contributed by atoms with Gasteiger partial charge in [-0.05, 0) is 69.7 Å². The van der Waals surface area contributed by atoms with Crippen molar-refractivity contribution in [1.82, 2.24) is 23.8 Å². The molecule has 2 aliphatic rings. The van der Waals surface area contributed by atoms with Crippen molar-refractivity contribution in [2.75, 3.05) is 17.7 Å². The second kappa shape index (κ2) is 10.9. The van der Waals surface area contributed by atoms with Crippen molar-refractivity contribution in [3.63, 3.8) is 0 Å². The number of hydrogen-bond donors (Lipinski definition) is 3.